The van der Waals surface area contributed by atoms with Crippen molar-refractivity contribution in [2.45, 2.75) is 5.41 Å². The first kappa shape index (κ1) is 38.8. The molecule has 0 radical (unpaired) electrons. The van der Waals surface area contributed by atoms with Crippen LogP contribution in [0.1, 0.15) is 22.3 Å². The minimum absolute atomic E-state index is 0.448. The van der Waals surface area contributed by atoms with Crippen LogP contribution in [0.4, 0.5) is 0 Å². The lowest BCUT2D eigenvalue weighted by Gasteiger charge is -2.30. The van der Waals surface area contributed by atoms with E-state index in [4.69, 9.17) is 29.9 Å². The molecule has 14 rings (SSSR count). The van der Waals surface area contributed by atoms with Crippen LogP contribution in [0.25, 0.3) is 112 Å². The molecule has 8 heteroatoms. The molecule has 8 nitrogen and oxygen atoms in total. The molecule has 2 aliphatic carbocycles. The van der Waals surface area contributed by atoms with Crippen LogP contribution in [0.3, 0.4) is 0 Å². The van der Waals surface area contributed by atoms with E-state index >= 15 is 0 Å². The number of nitrogens with zero attached hydrogens (tertiary/aromatic N) is 8. The monoisotopic (exact) mass is 880 g/mol. The second-order valence-electron chi connectivity index (χ2n) is 17.5. The molecule has 0 saturated carbocycles. The highest BCUT2D eigenvalue weighted by atomic mass is 15.0. The number of fused-ring (bicyclic) bond motifs is 14. The summed E-state index contributed by atoms with van der Waals surface area (Å²) >= 11 is 0. The average molecular weight is 881 g/mol. The fourth-order valence-electron chi connectivity index (χ4n) is 10.8. The molecular weight excluding hydrogens is 845 g/mol. The van der Waals surface area contributed by atoms with Gasteiger partial charge in [-0.15, -0.1) is 0 Å². The van der Waals surface area contributed by atoms with E-state index in [1.54, 1.807) is 24.8 Å². The quantitative estimate of drug-likeness (QED) is 0.152. The van der Waals surface area contributed by atoms with Crippen molar-refractivity contribution in [1.29, 1.82) is 0 Å². The second-order valence-corrected chi connectivity index (χ2v) is 17.5. The van der Waals surface area contributed by atoms with E-state index < -0.39 is 5.41 Å². The molecule has 0 N–H and O–H groups in total. The molecule has 0 bridgehead atoms. The summed E-state index contributed by atoms with van der Waals surface area (Å²) in [5.74, 6) is 1.52. The number of aromatic nitrogens is 8. The van der Waals surface area contributed by atoms with Gasteiger partial charge < -0.3 is 0 Å². The smallest absolute Gasteiger partial charge is 0.165 e. The minimum atomic E-state index is -0.448. The highest BCUT2D eigenvalue weighted by Crippen LogP contribution is 2.64. The third-order valence-electron chi connectivity index (χ3n) is 13.8. The van der Waals surface area contributed by atoms with Crippen LogP contribution in [0.2, 0.25) is 0 Å². The van der Waals surface area contributed by atoms with Crippen molar-refractivity contribution in [3.8, 4) is 90.5 Å². The maximum absolute atomic E-state index is 5.42. The highest BCUT2D eigenvalue weighted by Gasteiger charge is 2.52. The number of hydrogen-bond donors (Lipinski definition) is 0. The molecule has 0 unspecified atom stereocenters. The highest BCUT2D eigenvalue weighted by molar-refractivity contribution is 6.20. The van der Waals surface area contributed by atoms with E-state index in [2.05, 4.69) is 143 Å². The van der Waals surface area contributed by atoms with Crippen LogP contribution >= 0.6 is 0 Å². The standard InChI is InChI=1S/C61H36N8/c1-5-17-46-41(13-1)42-14-2-6-18-47(42)61(46)48-19-7-3-15-43(48)56-49(61)30-29-45-55(56)44-16-4-8-20-50(44)66-57(45)37-23-25-38(26-24-37)58-67-59(39-27-31-53(64-35-39)51-21-9-11-33-62-51)69-60(68-58)40-28-32-54(65-36-40)52-22-10-12-34-63-52/h1-36H. The molecule has 69 heavy (non-hydrogen) atoms. The predicted octanol–water partition coefficient (Wildman–Crippen LogP) is 13.5. The van der Waals surface area contributed by atoms with Crippen LogP contribution in [0.5, 0.6) is 0 Å². The Morgan fingerprint density at radius 3 is 1.35 bits per heavy atom. The van der Waals surface area contributed by atoms with Crippen molar-refractivity contribution in [2.75, 3.05) is 0 Å². The molecule has 6 heterocycles. The molecule has 0 aliphatic heterocycles. The van der Waals surface area contributed by atoms with Crippen LogP contribution < -0.4 is 0 Å². The van der Waals surface area contributed by atoms with E-state index in [0.29, 0.717) is 17.5 Å². The van der Waals surface area contributed by atoms with Gasteiger partial charge in [-0.1, -0.05) is 140 Å². The zero-order chi connectivity index (χ0) is 45.5. The Bertz CT molecular complexity index is 3840. The van der Waals surface area contributed by atoms with Crippen LogP contribution in [-0.2, 0) is 5.41 Å². The third kappa shape index (κ3) is 5.95. The van der Waals surface area contributed by atoms with Crippen molar-refractivity contribution >= 4 is 21.7 Å². The first-order valence-corrected chi connectivity index (χ1v) is 23.0. The van der Waals surface area contributed by atoms with Crippen molar-refractivity contribution in [3.63, 3.8) is 0 Å². The number of benzene rings is 6. The Morgan fingerprint density at radius 2 is 0.783 bits per heavy atom. The maximum atomic E-state index is 5.42. The SMILES string of the molecule is c1ccc(-c2ccc(-c3nc(-c4ccc(-c5nc6ccccc6c6c7c(ccc56)C5(c6ccccc6-c6ccccc65)c5ccccc5-7)cc4)nc(-c4ccc(-c5ccccn5)nc4)n3)cn2)nc1. The molecule has 1 spiro atoms. The van der Waals surface area contributed by atoms with Gasteiger partial charge in [0.15, 0.2) is 17.5 Å². The van der Waals surface area contributed by atoms with Gasteiger partial charge in [-0.05, 0) is 99.1 Å². The summed E-state index contributed by atoms with van der Waals surface area (Å²) in [7, 11) is 0. The van der Waals surface area contributed by atoms with Crippen LogP contribution in [-0.4, -0.2) is 39.9 Å². The van der Waals surface area contributed by atoms with Gasteiger partial charge in [0.2, 0.25) is 0 Å². The Hall–Kier alpha value is -9.40. The lowest BCUT2D eigenvalue weighted by molar-refractivity contribution is 0.794. The number of pyridine rings is 5. The molecule has 0 atom stereocenters. The zero-order valence-corrected chi connectivity index (χ0v) is 36.9. The number of rotatable bonds is 6. The van der Waals surface area contributed by atoms with Gasteiger partial charge in [0, 0.05) is 63.2 Å². The maximum Gasteiger partial charge on any atom is 0.165 e. The van der Waals surface area contributed by atoms with Gasteiger partial charge in [0.1, 0.15) is 0 Å². The van der Waals surface area contributed by atoms with Crippen LogP contribution in [0.15, 0.2) is 219 Å². The molecule has 320 valence electrons. The molecule has 0 fully saturated rings. The van der Waals surface area contributed by atoms with E-state index in [0.717, 1.165) is 67.0 Å². The summed E-state index contributed by atoms with van der Waals surface area (Å²) in [6, 6.07) is 68.0. The van der Waals surface area contributed by atoms with Gasteiger partial charge in [0.25, 0.3) is 0 Å². The topological polar surface area (TPSA) is 103 Å². The van der Waals surface area contributed by atoms with Crippen molar-refractivity contribution in [3.05, 3.63) is 241 Å². The predicted molar refractivity (Wildman–Crippen MR) is 273 cm³/mol. The summed E-state index contributed by atoms with van der Waals surface area (Å²) in [6.45, 7) is 0. The van der Waals surface area contributed by atoms with Gasteiger partial charge in [-0.25, -0.2) is 19.9 Å². The van der Waals surface area contributed by atoms with E-state index in [-0.39, 0.29) is 0 Å². The molecule has 12 aromatic rings. The Morgan fingerprint density at radius 1 is 0.304 bits per heavy atom. The Labute approximate surface area is 396 Å². The third-order valence-corrected chi connectivity index (χ3v) is 13.8. The fraction of sp³-hybridized carbons (Fsp3) is 0.0164. The Kier molecular flexibility index (Phi) is 8.63. The van der Waals surface area contributed by atoms with Gasteiger partial charge in [-0.2, -0.15) is 0 Å². The molecule has 6 aromatic carbocycles. The molecule has 6 aromatic heterocycles. The van der Waals surface area contributed by atoms with E-state index in [9.17, 15) is 0 Å². The summed E-state index contributed by atoms with van der Waals surface area (Å²) in [4.78, 5) is 39.0. The number of hydrogen-bond acceptors (Lipinski definition) is 8. The van der Waals surface area contributed by atoms with E-state index in [1.165, 1.54) is 49.9 Å². The molecule has 0 saturated heterocycles. The first-order valence-electron chi connectivity index (χ1n) is 23.0. The van der Waals surface area contributed by atoms with Crippen LogP contribution in [0, 0.1) is 0 Å². The number of para-hydroxylation sites is 1. The summed E-state index contributed by atoms with van der Waals surface area (Å²) in [5.41, 5.74) is 18.2. The lowest BCUT2D eigenvalue weighted by atomic mass is 9.70. The summed E-state index contributed by atoms with van der Waals surface area (Å²) in [5, 5.41) is 3.44. The average Bonchev–Trinajstić information content (AvgIpc) is 3.91. The lowest BCUT2D eigenvalue weighted by Crippen LogP contribution is -2.25. The summed E-state index contributed by atoms with van der Waals surface area (Å²) < 4.78 is 0. The molecular formula is C61H36N8. The first-order chi connectivity index (χ1) is 34.2. The normalized spacial score (nSPS) is 12.8. The largest absolute Gasteiger partial charge is 0.255 e. The second kappa shape index (κ2) is 15.3. The summed E-state index contributed by atoms with van der Waals surface area (Å²) in [6.07, 6.45) is 7.11. The van der Waals surface area contributed by atoms with E-state index in [1.807, 2.05) is 60.7 Å². The Balaban J connectivity index is 0.914. The van der Waals surface area contributed by atoms with Gasteiger partial charge >= 0.3 is 0 Å². The minimum Gasteiger partial charge on any atom is -0.255 e. The van der Waals surface area contributed by atoms with Crippen molar-refractivity contribution < 1.29 is 0 Å². The fourth-order valence-corrected chi connectivity index (χ4v) is 10.8. The van der Waals surface area contributed by atoms with Gasteiger partial charge in [0.05, 0.1) is 39.4 Å². The molecule has 0 amide bonds. The molecule has 2 aliphatic rings. The zero-order valence-electron chi connectivity index (χ0n) is 36.9. The van der Waals surface area contributed by atoms with Gasteiger partial charge in [-0.3, -0.25) is 19.9 Å². The van der Waals surface area contributed by atoms with Crippen molar-refractivity contribution in [2.24, 2.45) is 0 Å². The van der Waals surface area contributed by atoms with Crippen molar-refractivity contribution in [1.82, 2.24) is 39.9 Å².